The Morgan fingerprint density at radius 2 is 2.07 bits per heavy atom. The van der Waals surface area contributed by atoms with Crippen LogP contribution in [-0.2, 0) is 9.47 Å². The van der Waals surface area contributed by atoms with Gasteiger partial charge in [-0.25, -0.2) is 0 Å². The van der Waals surface area contributed by atoms with Gasteiger partial charge in [-0.2, -0.15) is 0 Å². The zero-order valence-corrected chi connectivity index (χ0v) is 9.28. The van der Waals surface area contributed by atoms with Crippen molar-refractivity contribution in [3.63, 3.8) is 0 Å². The largest absolute Gasteiger partial charge is 0.497 e. The van der Waals surface area contributed by atoms with Crippen molar-refractivity contribution in [1.29, 1.82) is 0 Å². The summed E-state index contributed by atoms with van der Waals surface area (Å²) in [7, 11) is 3.00. The summed E-state index contributed by atoms with van der Waals surface area (Å²) < 4.78 is 9.98. The van der Waals surface area contributed by atoms with Crippen molar-refractivity contribution >= 4 is 5.76 Å². The molecule has 15 heavy (non-hydrogen) atoms. The van der Waals surface area contributed by atoms with E-state index in [2.05, 4.69) is 6.58 Å². The predicted molar refractivity (Wildman–Crippen MR) is 59.2 cm³/mol. The summed E-state index contributed by atoms with van der Waals surface area (Å²) in [5.74, 6) is 0.527. The molecule has 0 fully saturated rings. The van der Waals surface area contributed by atoms with Crippen LogP contribution in [0.3, 0.4) is 0 Å². The maximum Gasteiger partial charge on any atom is 0.181 e. The average molecular weight is 208 g/mol. The Bertz CT molecular complexity index is 358. The maximum atomic E-state index is 9.66. The second kappa shape index (κ2) is 4.96. The third-order valence-electron chi connectivity index (χ3n) is 2.32. The zero-order chi connectivity index (χ0) is 11.4. The molecule has 1 unspecified atom stereocenters. The van der Waals surface area contributed by atoms with Gasteiger partial charge in [0.25, 0.3) is 0 Å². The van der Waals surface area contributed by atoms with Crippen LogP contribution >= 0.6 is 0 Å². The second-order valence-electron chi connectivity index (χ2n) is 3.25. The van der Waals surface area contributed by atoms with Gasteiger partial charge in [0.15, 0.2) is 6.29 Å². The molecular formula is C12H16O3. The average Bonchev–Trinajstić information content (AvgIpc) is 2.26. The molecule has 0 spiro atoms. The summed E-state index contributed by atoms with van der Waals surface area (Å²) in [5.41, 5.74) is 2.47. The first-order valence-electron chi connectivity index (χ1n) is 4.65. The van der Waals surface area contributed by atoms with E-state index >= 15 is 0 Å². The normalized spacial score (nSPS) is 12.3. The number of hydrogen-bond acceptors (Lipinski definition) is 3. The lowest BCUT2D eigenvalue weighted by molar-refractivity contribution is -0.0772. The molecule has 0 saturated carbocycles. The molecule has 0 heterocycles. The van der Waals surface area contributed by atoms with Crippen LogP contribution in [0, 0.1) is 6.92 Å². The van der Waals surface area contributed by atoms with Crippen LogP contribution in [0.1, 0.15) is 23.0 Å². The highest BCUT2D eigenvalue weighted by Crippen LogP contribution is 2.27. The third kappa shape index (κ3) is 2.37. The van der Waals surface area contributed by atoms with Crippen LogP contribution in [0.2, 0.25) is 0 Å². The van der Waals surface area contributed by atoms with E-state index in [-0.39, 0.29) is 0 Å². The summed E-state index contributed by atoms with van der Waals surface area (Å²) in [6, 6.07) is 5.59. The fourth-order valence-electron chi connectivity index (χ4n) is 1.51. The Morgan fingerprint density at radius 1 is 1.40 bits per heavy atom. The predicted octanol–water partition coefficient (Wildman–Crippen LogP) is 2.25. The number of rotatable bonds is 4. The van der Waals surface area contributed by atoms with Crippen LogP contribution in [0.25, 0.3) is 5.76 Å². The Morgan fingerprint density at radius 3 is 2.60 bits per heavy atom. The molecule has 0 saturated heterocycles. The van der Waals surface area contributed by atoms with Gasteiger partial charge in [0.2, 0.25) is 0 Å². The Balaban J connectivity index is 3.26. The Kier molecular flexibility index (Phi) is 3.88. The van der Waals surface area contributed by atoms with Crippen molar-refractivity contribution in [2.45, 2.75) is 13.2 Å². The number of methoxy groups -OCH3 is 2. The number of benzene rings is 1. The highest BCUT2D eigenvalue weighted by Gasteiger charge is 2.15. The van der Waals surface area contributed by atoms with E-state index < -0.39 is 6.29 Å². The molecular weight excluding hydrogens is 192 g/mol. The topological polar surface area (TPSA) is 38.7 Å². The van der Waals surface area contributed by atoms with E-state index in [0.717, 1.165) is 11.1 Å². The molecule has 0 amide bonds. The molecule has 82 valence electrons. The van der Waals surface area contributed by atoms with E-state index in [0.29, 0.717) is 11.3 Å². The van der Waals surface area contributed by atoms with Gasteiger partial charge >= 0.3 is 0 Å². The fraction of sp³-hybridized carbons (Fsp3) is 0.333. The molecule has 1 aromatic carbocycles. The van der Waals surface area contributed by atoms with Gasteiger partial charge in [0, 0.05) is 18.2 Å². The maximum absolute atomic E-state index is 9.66. The summed E-state index contributed by atoms with van der Waals surface area (Å²) in [6.07, 6.45) is -0.952. The molecule has 0 aliphatic carbocycles. The first-order valence-corrected chi connectivity index (χ1v) is 4.65. The minimum absolute atomic E-state index is 0.527. The third-order valence-corrected chi connectivity index (χ3v) is 2.32. The minimum Gasteiger partial charge on any atom is -0.497 e. The van der Waals surface area contributed by atoms with Crippen LogP contribution in [-0.4, -0.2) is 19.3 Å². The second-order valence-corrected chi connectivity index (χ2v) is 3.25. The molecule has 3 heteroatoms. The molecule has 0 radical (unpaired) electrons. The summed E-state index contributed by atoms with van der Waals surface area (Å²) >= 11 is 0. The van der Waals surface area contributed by atoms with Gasteiger partial charge in [-0.05, 0) is 12.5 Å². The first kappa shape index (κ1) is 11.8. The quantitative estimate of drug-likeness (QED) is 0.609. The van der Waals surface area contributed by atoms with E-state index in [1.807, 2.05) is 19.1 Å². The molecule has 1 atom stereocenters. The number of aliphatic hydroxyl groups is 1. The van der Waals surface area contributed by atoms with E-state index in [1.54, 1.807) is 13.2 Å². The van der Waals surface area contributed by atoms with Crippen molar-refractivity contribution < 1.29 is 14.6 Å². The van der Waals surface area contributed by atoms with Gasteiger partial charge in [0.1, 0.15) is 5.76 Å². The fourth-order valence-corrected chi connectivity index (χ4v) is 1.51. The zero-order valence-electron chi connectivity index (χ0n) is 9.28. The molecule has 0 aliphatic heterocycles. The molecule has 3 nitrogen and oxygen atoms in total. The standard InChI is InChI=1S/C12H16O3/c1-8-6-5-7-10(12(13)15-4)11(8)9(2)14-3/h5-7,12-13H,2H2,1,3-4H3. The van der Waals surface area contributed by atoms with Crippen molar-refractivity contribution in [1.82, 2.24) is 0 Å². The van der Waals surface area contributed by atoms with Crippen molar-refractivity contribution in [3.05, 3.63) is 41.5 Å². The number of ether oxygens (including phenoxy) is 2. The molecule has 0 bridgehead atoms. The number of hydrogen-bond donors (Lipinski definition) is 1. The van der Waals surface area contributed by atoms with Crippen LogP contribution in [0.4, 0.5) is 0 Å². The van der Waals surface area contributed by atoms with Crippen LogP contribution in [0.15, 0.2) is 24.8 Å². The van der Waals surface area contributed by atoms with E-state index in [1.165, 1.54) is 7.11 Å². The Hall–Kier alpha value is -1.32. The minimum atomic E-state index is -0.952. The van der Waals surface area contributed by atoms with Crippen LogP contribution < -0.4 is 0 Å². The van der Waals surface area contributed by atoms with Crippen LogP contribution in [0.5, 0.6) is 0 Å². The Labute approximate surface area is 90.0 Å². The van der Waals surface area contributed by atoms with Gasteiger partial charge in [-0.1, -0.05) is 24.8 Å². The lowest BCUT2D eigenvalue weighted by Gasteiger charge is -2.17. The molecule has 1 N–H and O–H groups in total. The number of aliphatic hydroxyl groups excluding tert-OH is 1. The highest BCUT2D eigenvalue weighted by atomic mass is 16.6. The molecule has 1 aromatic rings. The van der Waals surface area contributed by atoms with E-state index in [9.17, 15) is 5.11 Å². The monoisotopic (exact) mass is 208 g/mol. The van der Waals surface area contributed by atoms with Crippen molar-refractivity contribution in [2.75, 3.05) is 14.2 Å². The van der Waals surface area contributed by atoms with E-state index in [4.69, 9.17) is 9.47 Å². The summed E-state index contributed by atoms with van der Waals surface area (Å²) in [6.45, 7) is 5.73. The highest BCUT2D eigenvalue weighted by molar-refractivity contribution is 5.64. The van der Waals surface area contributed by atoms with Gasteiger partial charge in [0.05, 0.1) is 7.11 Å². The smallest absolute Gasteiger partial charge is 0.181 e. The summed E-state index contributed by atoms with van der Waals surface area (Å²) in [5, 5.41) is 9.66. The van der Waals surface area contributed by atoms with Gasteiger partial charge < -0.3 is 14.6 Å². The summed E-state index contributed by atoms with van der Waals surface area (Å²) in [4.78, 5) is 0. The van der Waals surface area contributed by atoms with Gasteiger partial charge in [-0.15, -0.1) is 0 Å². The van der Waals surface area contributed by atoms with Crippen molar-refractivity contribution in [2.24, 2.45) is 0 Å². The molecule has 1 rings (SSSR count). The number of aryl methyl sites for hydroxylation is 1. The lowest BCUT2D eigenvalue weighted by atomic mass is 10.0. The van der Waals surface area contributed by atoms with Crippen molar-refractivity contribution in [3.8, 4) is 0 Å². The van der Waals surface area contributed by atoms with Gasteiger partial charge in [-0.3, -0.25) is 0 Å². The lowest BCUT2D eigenvalue weighted by Crippen LogP contribution is -2.05. The SMILES string of the molecule is C=C(OC)c1c(C)cccc1C(O)OC. The molecule has 0 aliphatic rings. The molecule has 0 aromatic heterocycles. The first-order chi connectivity index (χ1) is 7.11.